The summed E-state index contributed by atoms with van der Waals surface area (Å²) < 4.78 is 0. The predicted molar refractivity (Wildman–Crippen MR) is 50.1 cm³/mol. The van der Waals surface area contributed by atoms with E-state index < -0.39 is 0 Å². The molecule has 0 radical (unpaired) electrons. The zero-order valence-electron chi connectivity index (χ0n) is 7.51. The van der Waals surface area contributed by atoms with Gasteiger partial charge in [0.15, 0.2) is 5.78 Å². The summed E-state index contributed by atoms with van der Waals surface area (Å²) in [7, 11) is 0. The van der Waals surface area contributed by atoms with E-state index in [1.807, 2.05) is 0 Å². The number of hydrogen-bond donors (Lipinski definition) is 1. The molecule has 1 unspecified atom stereocenters. The van der Waals surface area contributed by atoms with Crippen molar-refractivity contribution >= 4 is 5.78 Å². The molecule has 0 aromatic carbocycles. The number of hydrogen-bond acceptors (Lipinski definition) is 2. The lowest BCUT2D eigenvalue weighted by Crippen LogP contribution is -2.37. The molecule has 1 heterocycles. The van der Waals surface area contributed by atoms with E-state index in [1.54, 1.807) is 0 Å². The van der Waals surface area contributed by atoms with Crippen LogP contribution in [0.1, 0.15) is 32.1 Å². The van der Waals surface area contributed by atoms with Crippen LogP contribution in [0.3, 0.4) is 0 Å². The molecule has 0 aromatic rings. The van der Waals surface area contributed by atoms with Crippen LogP contribution in [0.25, 0.3) is 0 Å². The van der Waals surface area contributed by atoms with Gasteiger partial charge in [0, 0.05) is 0 Å². The van der Waals surface area contributed by atoms with Gasteiger partial charge in [0.05, 0.1) is 6.04 Å². The van der Waals surface area contributed by atoms with E-state index in [1.165, 1.54) is 25.3 Å². The van der Waals surface area contributed by atoms with E-state index in [4.69, 9.17) is 0 Å². The van der Waals surface area contributed by atoms with Crippen LogP contribution in [-0.4, -0.2) is 18.4 Å². The fourth-order valence-electron chi connectivity index (χ4n) is 1.59. The molecule has 12 heavy (non-hydrogen) atoms. The molecule has 1 aliphatic rings. The maximum Gasteiger partial charge on any atom is 0.171 e. The number of carbonyl (C=O) groups is 1. The largest absolute Gasteiger partial charge is 0.307 e. The van der Waals surface area contributed by atoms with Crippen LogP contribution < -0.4 is 5.32 Å². The van der Waals surface area contributed by atoms with Crippen LogP contribution in [0.5, 0.6) is 0 Å². The molecule has 1 saturated heterocycles. The van der Waals surface area contributed by atoms with Crippen LogP contribution in [0, 0.1) is 0 Å². The number of ketones is 1. The Kier molecular flexibility index (Phi) is 4.01. The smallest absolute Gasteiger partial charge is 0.171 e. The van der Waals surface area contributed by atoms with E-state index in [0.717, 1.165) is 19.4 Å². The number of carbonyl (C=O) groups excluding carboxylic acids is 1. The van der Waals surface area contributed by atoms with Crippen molar-refractivity contribution in [1.29, 1.82) is 0 Å². The number of nitrogens with one attached hydrogen (secondary N) is 1. The normalized spacial score (nSPS) is 25.5. The lowest BCUT2D eigenvalue weighted by Gasteiger charge is -2.18. The molecule has 2 nitrogen and oxygen atoms in total. The molecule has 0 bridgehead atoms. The van der Waals surface area contributed by atoms with Crippen LogP contribution in [0.2, 0.25) is 0 Å². The second kappa shape index (κ2) is 5.09. The van der Waals surface area contributed by atoms with Gasteiger partial charge in [-0.2, -0.15) is 0 Å². The Bertz CT molecular complexity index is 157. The van der Waals surface area contributed by atoms with Gasteiger partial charge in [0.25, 0.3) is 0 Å². The first kappa shape index (κ1) is 9.46. The summed E-state index contributed by atoms with van der Waals surface area (Å²) in [6.07, 6.45) is 7.33. The molecule has 0 aliphatic carbocycles. The summed E-state index contributed by atoms with van der Waals surface area (Å²) in [5.41, 5.74) is 0. The second-order valence-electron chi connectivity index (χ2n) is 3.32. The molecule has 68 valence electrons. The second-order valence-corrected chi connectivity index (χ2v) is 3.32. The van der Waals surface area contributed by atoms with Gasteiger partial charge in [-0.15, -0.1) is 0 Å². The first-order valence-electron chi connectivity index (χ1n) is 4.74. The van der Waals surface area contributed by atoms with E-state index in [-0.39, 0.29) is 11.8 Å². The summed E-state index contributed by atoms with van der Waals surface area (Å²) in [4.78, 5) is 11.3. The minimum Gasteiger partial charge on any atom is -0.307 e. The van der Waals surface area contributed by atoms with E-state index >= 15 is 0 Å². The molecule has 1 N–H and O–H groups in total. The molecule has 0 amide bonds. The van der Waals surface area contributed by atoms with Crippen molar-refractivity contribution < 1.29 is 4.79 Å². The Labute approximate surface area is 74.0 Å². The highest BCUT2D eigenvalue weighted by molar-refractivity contribution is 5.93. The first-order chi connectivity index (χ1) is 5.84. The molecule has 0 spiro atoms. The zero-order valence-corrected chi connectivity index (χ0v) is 7.51. The van der Waals surface area contributed by atoms with Gasteiger partial charge in [-0.05, 0) is 25.5 Å². The maximum absolute atomic E-state index is 11.3. The van der Waals surface area contributed by atoms with Crippen molar-refractivity contribution in [3.8, 4) is 0 Å². The minimum atomic E-state index is 0.0443. The topological polar surface area (TPSA) is 29.1 Å². The summed E-state index contributed by atoms with van der Waals surface area (Å²) >= 11 is 0. The van der Waals surface area contributed by atoms with Gasteiger partial charge < -0.3 is 5.32 Å². The fourth-order valence-corrected chi connectivity index (χ4v) is 1.59. The molecule has 2 heteroatoms. The van der Waals surface area contributed by atoms with E-state index in [0.29, 0.717) is 0 Å². The van der Waals surface area contributed by atoms with Gasteiger partial charge >= 0.3 is 0 Å². The maximum atomic E-state index is 11.3. The molecular weight excluding hydrogens is 150 g/mol. The lowest BCUT2D eigenvalue weighted by molar-refractivity contribution is -0.116. The van der Waals surface area contributed by atoms with E-state index in [9.17, 15) is 4.79 Å². The lowest BCUT2D eigenvalue weighted by atomic mass is 10.0. The quantitative estimate of drug-likeness (QED) is 0.634. The van der Waals surface area contributed by atoms with E-state index in [2.05, 4.69) is 11.9 Å². The van der Waals surface area contributed by atoms with Crippen LogP contribution in [0.4, 0.5) is 0 Å². The Morgan fingerprint density at radius 2 is 2.08 bits per heavy atom. The fraction of sp³-hybridized carbons (Fsp3) is 0.700. The molecule has 0 saturated carbocycles. The number of rotatable bonds is 2. The Morgan fingerprint density at radius 1 is 1.33 bits per heavy atom. The SMILES string of the molecule is C=CC(=O)C1CCCCCCN1. The van der Waals surface area contributed by atoms with Crippen molar-refractivity contribution in [2.45, 2.75) is 38.1 Å². The van der Waals surface area contributed by atoms with Crippen molar-refractivity contribution in [1.82, 2.24) is 5.32 Å². The van der Waals surface area contributed by atoms with Crippen molar-refractivity contribution in [3.63, 3.8) is 0 Å². The molecule has 1 atom stereocenters. The van der Waals surface area contributed by atoms with Gasteiger partial charge in [0.2, 0.25) is 0 Å². The molecule has 1 aliphatic heterocycles. The molecule has 1 fully saturated rings. The zero-order chi connectivity index (χ0) is 8.81. The van der Waals surface area contributed by atoms with Crippen LogP contribution in [-0.2, 0) is 4.79 Å². The van der Waals surface area contributed by atoms with Crippen molar-refractivity contribution in [2.24, 2.45) is 0 Å². The highest BCUT2D eigenvalue weighted by Gasteiger charge is 2.15. The monoisotopic (exact) mass is 167 g/mol. The third-order valence-corrected chi connectivity index (χ3v) is 2.35. The highest BCUT2D eigenvalue weighted by Crippen LogP contribution is 2.10. The summed E-state index contributed by atoms with van der Waals surface area (Å²) in [6, 6.07) is 0.0443. The van der Waals surface area contributed by atoms with Gasteiger partial charge in [-0.3, -0.25) is 4.79 Å². The average molecular weight is 167 g/mol. The highest BCUT2D eigenvalue weighted by atomic mass is 16.1. The van der Waals surface area contributed by atoms with Gasteiger partial charge in [0.1, 0.15) is 0 Å². The average Bonchev–Trinajstić information content (AvgIpc) is 2.02. The standard InChI is InChI=1S/C10H17NO/c1-2-10(12)9-7-5-3-4-6-8-11-9/h2,9,11H,1,3-8H2. The Morgan fingerprint density at radius 3 is 2.83 bits per heavy atom. The van der Waals surface area contributed by atoms with Gasteiger partial charge in [-0.1, -0.05) is 25.8 Å². The minimum absolute atomic E-state index is 0.0443. The first-order valence-corrected chi connectivity index (χ1v) is 4.74. The van der Waals surface area contributed by atoms with Gasteiger partial charge in [-0.25, -0.2) is 0 Å². The predicted octanol–water partition coefficient (Wildman–Crippen LogP) is 1.66. The van der Waals surface area contributed by atoms with Crippen LogP contribution in [0.15, 0.2) is 12.7 Å². The molecule has 1 rings (SSSR count). The van der Waals surface area contributed by atoms with Crippen LogP contribution >= 0.6 is 0 Å². The summed E-state index contributed by atoms with van der Waals surface area (Å²) in [5, 5.41) is 3.25. The Hall–Kier alpha value is -0.630. The van der Waals surface area contributed by atoms with Crippen molar-refractivity contribution in [3.05, 3.63) is 12.7 Å². The summed E-state index contributed by atoms with van der Waals surface area (Å²) in [6.45, 7) is 4.48. The molecular formula is C10H17NO. The third kappa shape index (κ3) is 2.78. The molecule has 0 aromatic heterocycles. The summed E-state index contributed by atoms with van der Waals surface area (Å²) in [5.74, 6) is 0.150. The Balaban J connectivity index is 2.39. The third-order valence-electron chi connectivity index (χ3n) is 2.35. The van der Waals surface area contributed by atoms with Crippen molar-refractivity contribution in [2.75, 3.05) is 6.54 Å².